The van der Waals surface area contributed by atoms with E-state index in [9.17, 15) is 20.1 Å². The second kappa shape index (κ2) is 8.04. The Balaban J connectivity index is 1.50. The molecule has 0 radical (unpaired) electrons. The van der Waals surface area contributed by atoms with E-state index in [-0.39, 0.29) is 35.7 Å². The van der Waals surface area contributed by atoms with Crippen molar-refractivity contribution in [2.45, 2.75) is 82.0 Å². The van der Waals surface area contributed by atoms with Crippen molar-refractivity contribution in [1.29, 1.82) is 0 Å². The Kier molecular flexibility index (Phi) is 5.67. The van der Waals surface area contributed by atoms with Crippen LogP contribution in [0.25, 0.3) is 0 Å². The van der Waals surface area contributed by atoms with Gasteiger partial charge in [-0.2, -0.15) is 5.10 Å². The van der Waals surface area contributed by atoms with Gasteiger partial charge in [0.1, 0.15) is 6.61 Å². The topological polar surface area (TPSA) is 132 Å². The third-order valence-electron chi connectivity index (χ3n) is 10.2. The van der Waals surface area contributed by atoms with Crippen molar-refractivity contribution < 1.29 is 30.0 Å². The average Bonchev–Trinajstić information content (AvgIpc) is 3.31. The second-order valence-electron chi connectivity index (χ2n) is 11.4. The molecule has 5 N–H and O–H groups in total. The van der Waals surface area contributed by atoms with E-state index in [1.165, 1.54) is 0 Å². The van der Waals surface area contributed by atoms with Gasteiger partial charge in [0, 0.05) is 29.5 Å². The summed E-state index contributed by atoms with van der Waals surface area (Å²) in [7, 11) is 0. The summed E-state index contributed by atoms with van der Waals surface area (Å²) in [5, 5.41) is 48.1. The van der Waals surface area contributed by atoms with Crippen LogP contribution in [-0.2, 0) is 9.53 Å². The summed E-state index contributed by atoms with van der Waals surface area (Å²) in [5.41, 5.74) is 0.968. The molecular formula is C25H38N2O6. The Morgan fingerprint density at radius 2 is 1.94 bits per heavy atom. The fourth-order valence-electron chi connectivity index (χ4n) is 8.64. The first-order valence-electron chi connectivity index (χ1n) is 12.6. The van der Waals surface area contributed by atoms with Crippen LogP contribution in [-0.4, -0.2) is 69.7 Å². The number of ether oxygens (including phenoxy) is 1. The predicted molar refractivity (Wildman–Crippen MR) is 121 cm³/mol. The van der Waals surface area contributed by atoms with E-state index in [0.717, 1.165) is 24.8 Å². The summed E-state index contributed by atoms with van der Waals surface area (Å²) in [4.78, 5) is 11.7. The van der Waals surface area contributed by atoms with Gasteiger partial charge >= 0.3 is 5.97 Å². The number of aliphatic hydroxyl groups is 4. The molecule has 1 aliphatic heterocycles. The molecule has 0 amide bonds. The van der Waals surface area contributed by atoms with Gasteiger partial charge in [-0.15, -0.1) is 0 Å². The molecule has 0 spiro atoms. The molecule has 8 atom stereocenters. The maximum absolute atomic E-state index is 12.3. The van der Waals surface area contributed by atoms with Crippen LogP contribution in [0.3, 0.4) is 0 Å². The molecule has 8 heteroatoms. The number of fused-ring (bicyclic) bond motifs is 5. The zero-order valence-corrected chi connectivity index (χ0v) is 19.5. The van der Waals surface area contributed by atoms with Gasteiger partial charge in [-0.3, -0.25) is 0 Å². The summed E-state index contributed by atoms with van der Waals surface area (Å²) in [6.45, 7) is 2.82. The zero-order valence-electron chi connectivity index (χ0n) is 19.5. The second-order valence-corrected chi connectivity index (χ2v) is 11.4. The minimum atomic E-state index is -1.06. The first kappa shape index (κ1) is 23.3. The number of carbonyl (C=O) groups excluding carboxylic acids is 1. The Hall–Kier alpha value is -1.48. The molecule has 5 aliphatic rings. The molecule has 0 saturated heterocycles. The molecular weight excluding hydrogens is 424 g/mol. The number of cyclic esters (lactones) is 1. The van der Waals surface area contributed by atoms with Gasteiger partial charge in [-0.1, -0.05) is 6.92 Å². The molecule has 0 aromatic heterocycles. The molecule has 4 aliphatic carbocycles. The maximum atomic E-state index is 12.3. The van der Waals surface area contributed by atoms with Crippen molar-refractivity contribution in [3.8, 4) is 0 Å². The van der Waals surface area contributed by atoms with E-state index >= 15 is 0 Å². The number of esters is 1. The van der Waals surface area contributed by atoms with E-state index < -0.39 is 22.7 Å². The summed E-state index contributed by atoms with van der Waals surface area (Å²) < 4.78 is 5.20. The molecule has 4 saturated carbocycles. The van der Waals surface area contributed by atoms with E-state index in [1.54, 1.807) is 6.08 Å². The van der Waals surface area contributed by atoms with Gasteiger partial charge in [0.25, 0.3) is 0 Å². The fraction of sp³-hybridized carbons (Fsp3) is 0.840. The quantitative estimate of drug-likeness (QED) is 0.180. The normalized spacial score (nSPS) is 49.2. The van der Waals surface area contributed by atoms with Gasteiger partial charge in [-0.05, 0) is 74.7 Å². The Bertz CT molecular complexity index is 862. The lowest BCUT2D eigenvalue weighted by atomic mass is 9.41. The molecule has 0 bridgehead atoms. The van der Waals surface area contributed by atoms with Crippen molar-refractivity contribution in [2.24, 2.45) is 33.7 Å². The van der Waals surface area contributed by atoms with Gasteiger partial charge in [-0.25, -0.2) is 4.79 Å². The number of hydrogen-bond acceptors (Lipinski definition) is 8. The lowest BCUT2D eigenvalue weighted by Gasteiger charge is -2.65. The smallest absolute Gasteiger partial charge is 0.331 e. The highest BCUT2D eigenvalue weighted by Crippen LogP contribution is 2.70. The molecule has 4 fully saturated rings. The molecule has 0 unspecified atom stereocenters. The zero-order chi connectivity index (χ0) is 23.5. The number of nitrogens with one attached hydrogen (secondary N) is 1. The summed E-state index contributed by atoms with van der Waals surface area (Å²) in [6.07, 6.45) is 8.88. The summed E-state index contributed by atoms with van der Waals surface area (Å²) >= 11 is 0. The lowest BCUT2D eigenvalue weighted by Crippen LogP contribution is -2.68. The molecule has 184 valence electrons. The average molecular weight is 463 g/mol. The van der Waals surface area contributed by atoms with E-state index in [0.29, 0.717) is 51.7 Å². The standard InChI is InChI=1S/C25H38N2O6/c1-22-6-3-19-20(25(22,32)9-5-18(22)16-12-21(30)33-14-16)4-8-24(31)13-17(29)2-7-23(19,24)15-27-26-10-11-28/h12,15,17-20,26,28-29,31-32H,2-11,13-14H2,1H3/b27-15-/t17-,18-,19-,20+,22-,23+,24+,25-/m1/s1. The van der Waals surface area contributed by atoms with Crippen LogP contribution in [0, 0.1) is 28.6 Å². The SMILES string of the molecule is C[C@]12CC[C@@H]3[C@H](CC[C@]4(O)C[C@H](O)CC[C@]34/C=N\NCCO)[C@]1(O)CC[C@@H]2C1=CC(=O)OC1. The Morgan fingerprint density at radius 3 is 2.67 bits per heavy atom. The van der Waals surface area contributed by atoms with Crippen LogP contribution in [0.5, 0.6) is 0 Å². The van der Waals surface area contributed by atoms with E-state index in [1.807, 2.05) is 6.21 Å². The van der Waals surface area contributed by atoms with Crippen molar-refractivity contribution in [3.05, 3.63) is 11.6 Å². The first-order valence-corrected chi connectivity index (χ1v) is 12.6. The largest absolute Gasteiger partial charge is 0.458 e. The molecule has 33 heavy (non-hydrogen) atoms. The van der Waals surface area contributed by atoms with Crippen LogP contribution in [0.15, 0.2) is 16.8 Å². The molecule has 8 nitrogen and oxygen atoms in total. The summed E-state index contributed by atoms with van der Waals surface area (Å²) in [6, 6.07) is 0. The number of carbonyl (C=O) groups is 1. The Labute approximate surface area is 195 Å². The fourth-order valence-corrected chi connectivity index (χ4v) is 8.64. The van der Waals surface area contributed by atoms with Crippen molar-refractivity contribution in [3.63, 3.8) is 0 Å². The predicted octanol–water partition coefficient (Wildman–Crippen LogP) is 1.27. The number of hydrazone groups is 1. The molecule has 5 rings (SSSR count). The highest BCUT2D eigenvalue weighted by atomic mass is 16.5. The third-order valence-corrected chi connectivity index (χ3v) is 10.2. The minimum Gasteiger partial charge on any atom is -0.458 e. The third kappa shape index (κ3) is 3.24. The highest BCUT2D eigenvalue weighted by Gasteiger charge is 2.71. The number of rotatable bonds is 5. The molecule has 0 aromatic carbocycles. The van der Waals surface area contributed by atoms with Gasteiger partial charge < -0.3 is 30.6 Å². The van der Waals surface area contributed by atoms with Gasteiger partial charge in [0.2, 0.25) is 0 Å². The number of aliphatic hydroxyl groups excluding tert-OH is 2. The van der Waals surface area contributed by atoms with E-state index in [4.69, 9.17) is 9.84 Å². The Morgan fingerprint density at radius 1 is 1.15 bits per heavy atom. The van der Waals surface area contributed by atoms with Crippen LogP contribution in [0.2, 0.25) is 0 Å². The lowest BCUT2D eigenvalue weighted by molar-refractivity contribution is -0.237. The van der Waals surface area contributed by atoms with Gasteiger partial charge in [0.15, 0.2) is 0 Å². The maximum Gasteiger partial charge on any atom is 0.331 e. The number of nitrogens with zero attached hydrogens (tertiary/aromatic N) is 1. The first-order chi connectivity index (χ1) is 15.7. The van der Waals surface area contributed by atoms with E-state index in [2.05, 4.69) is 17.5 Å². The van der Waals surface area contributed by atoms with Crippen molar-refractivity contribution in [2.75, 3.05) is 19.8 Å². The van der Waals surface area contributed by atoms with Crippen LogP contribution < -0.4 is 5.43 Å². The monoisotopic (exact) mass is 462 g/mol. The highest BCUT2D eigenvalue weighted by molar-refractivity contribution is 5.85. The van der Waals surface area contributed by atoms with Crippen molar-refractivity contribution >= 4 is 12.2 Å². The molecule has 0 aromatic rings. The van der Waals surface area contributed by atoms with Crippen LogP contribution >= 0.6 is 0 Å². The minimum absolute atomic E-state index is 0.0136. The number of hydrogen-bond donors (Lipinski definition) is 5. The van der Waals surface area contributed by atoms with Crippen LogP contribution in [0.1, 0.15) is 64.7 Å². The van der Waals surface area contributed by atoms with Crippen molar-refractivity contribution in [1.82, 2.24) is 5.43 Å². The van der Waals surface area contributed by atoms with Gasteiger partial charge in [0.05, 0.1) is 30.5 Å². The van der Waals surface area contributed by atoms with Crippen LogP contribution in [0.4, 0.5) is 0 Å². The molecule has 1 heterocycles. The summed E-state index contributed by atoms with van der Waals surface area (Å²) in [5.74, 6) is -0.0955.